The highest BCUT2D eigenvalue weighted by Gasteiger charge is 2.09. The van der Waals surface area contributed by atoms with Crippen LogP contribution in [0.25, 0.3) is 11.5 Å². The van der Waals surface area contributed by atoms with Crippen LogP contribution >= 0.6 is 0 Å². The molecule has 0 fully saturated rings. The van der Waals surface area contributed by atoms with Gasteiger partial charge in [0.15, 0.2) is 5.82 Å². The van der Waals surface area contributed by atoms with Crippen LogP contribution in [0, 0.1) is 0 Å². The Morgan fingerprint density at radius 3 is 3.00 bits per heavy atom. The topological polar surface area (TPSA) is 81.9 Å². The molecule has 0 bridgehead atoms. The lowest BCUT2D eigenvalue weighted by atomic mass is 10.3. The first-order valence-corrected chi connectivity index (χ1v) is 6.82. The van der Waals surface area contributed by atoms with Crippen molar-refractivity contribution >= 4 is 11.7 Å². The summed E-state index contributed by atoms with van der Waals surface area (Å²) in [7, 11) is 1.70. The maximum atomic E-state index is 11.1. The summed E-state index contributed by atoms with van der Waals surface area (Å²) in [4.78, 5) is 15.5. The van der Waals surface area contributed by atoms with Crippen LogP contribution in [0.2, 0.25) is 0 Å². The molecule has 7 nitrogen and oxygen atoms in total. The van der Waals surface area contributed by atoms with E-state index in [0.29, 0.717) is 17.3 Å². The lowest BCUT2D eigenvalue weighted by molar-refractivity contribution is -0.114. The minimum absolute atomic E-state index is 0.152. The largest absolute Gasteiger partial charge is 0.385 e. The van der Waals surface area contributed by atoms with Crippen LogP contribution in [-0.4, -0.2) is 39.4 Å². The predicted molar refractivity (Wildman–Crippen MR) is 78.7 cm³/mol. The molecule has 0 atom stereocenters. The van der Waals surface area contributed by atoms with Crippen molar-refractivity contribution in [1.29, 1.82) is 0 Å². The zero-order valence-electron chi connectivity index (χ0n) is 12.2. The smallest absolute Gasteiger partial charge is 0.222 e. The molecule has 0 unspecified atom stereocenters. The molecule has 1 N–H and O–H groups in total. The Bertz CT molecular complexity index is 597. The van der Waals surface area contributed by atoms with E-state index in [1.807, 2.05) is 16.7 Å². The second-order valence-corrected chi connectivity index (χ2v) is 4.64. The molecule has 2 aromatic rings. The summed E-state index contributed by atoms with van der Waals surface area (Å²) in [5.74, 6) is 1.05. The molecule has 0 saturated heterocycles. The lowest BCUT2D eigenvalue weighted by Crippen LogP contribution is -2.08. The number of ether oxygens (including phenoxy) is 1. The number of hydrogen-bond donors (Lipinski definition) is 1. The third-order valence-corrected chi connectivity index (χ3v) is 2.90. The van der Waals surface area contributed by atoms with Gasteiger partial charge in [0.25, 0.3) is 0 Å². The van der Waals surface area contributed by atoms with Gasteiger partial charge >= 0.3 is 0 Å². The van der Waals surface area contributed by atoms with Gasteiger partial charge in [0.1, 0.15) is 17.8 Å². The number of carbonyl (C=O) groups excluding carboxylic acids is 1. The number of aryl methyl sites for hydroxylation is 1. The number of pyridine rings is 1. The van der Waals surface area contributed by atoms with Gasteiger partial charge < -0.3 is 14.6 Å². The number of nitrogens with zero attached hydrogens (tertiary/aromatic N) is 4. The quantitative estimate of drug-likeness (QED) is 0.785. The van der Waals surface area contributed by atoms with Gasteiger partial charge in [-0.25, -0.2) is 4.98 Å². The molecule has 0 aliphatic rings. The number of anilines is 1. The average Bonchev–Trinajstić information content (AvgIpc) is 2.91. The van der Waals surface area contributed by atoms with E-state index < -0.39 is 0 Å². The average molecular weight is 289 g/mol. The van der Waals surface area contributed by atoms with Crippen molar-refractivity contribution in [2.45, 2.75) is 26.3 Å². The van der Waals surface area contributed by atoms with E-state index >= 15 is 0 Å². The molecule has 21 heavy (non-hydrogen) atoms. The fourth-order valence-corrected chi connectivity index (χ4v) is 1.95. The number of methoxy groups -OCH3 is 1. The van der Waals surface area contributed by atoms with E-state index in [9.17, 15) is 4.79 Å². The van der Waals surface area contributed by atoms with Gasteiger partial charge in [-0.2, -0.15) is 0 Å². The third-order valence-electron chi connectivity index (χ3n) is 2.90. The molecule has 0 aliphatic heterocycles. The number of hydrogen-bond acceptors (Lipinski definition) is 5. The number of carbonyl (C=O) groups is 1. The second kappa shape index (κ2) is 7.49. The predicted octanol–water partition coefficient (Wildman–Crippen LogP) is 1.73. The Balaban J connectivity index is 2.11. The van der Waals surface area contributed by atoms with Gasteiger partial charge in [0.05, 0.1) is 0 Å². The van der Waals surface area contributed by atoms with Crippen molar-refractivity contribution in [3.63, 3.8) is 0 Å². The molecule has 0 saturated carbocycles. The molecule has 7 heteroatoms. The van der Waals surface area contributed by atoms with E-state index in [1.54, 1.807) is 19.5 Å². The minimum Gasteiger partial charge on any atom is -0.385 e. The Hall–Kier alpha value is -2.28. The molecule has 0 aromatic carbocycles. The maximum absolute atomic E-state index is 11.1. The van der Waals surface area contributed by atoms with Gasteiger partial charge in [-0.15, -0.1) is 10.2 Å². The summed E-state index contributed by atoms with van der Waals surface area (Å²) in [6, 6.07) is 5.42. The zero-order chi connectivity index (χ0) is 15.1. The van der Waals surface area contributed by atoms with Gasteiger partial charge in [-0.3, -0.25) is 4.79 Å². The molecule has 0 spiro atoms. The van der Waals surface area contributed by atoms with E-state index in [1.165, 1.54) is 6.92 Å². The highest BCUT2D eigenvalue weighted by atomic mass is 16.5. The maximum Gasteiger partial charge on any atom is 0.222 e. The summed E-state index contributed by atoms with van der Waals surface area (Å²) in [5, 5.41) is 10.7. The molecular formula is C14H19N5O2. The summed E-state index contributed by atoms with van der Waals surface area (Å²) in [6.45, 7) is 3.00. The molecule has 0 aliphatic carbocycles. The standard InChI is InChI=1S/C14H19N5O2/c1-11(20)16-13-7-5-6-12(17-13)14-18-15-10-19(14)8-3-4-9-21-2/h5-7,10H,3-4,8-9H2,1-2H3,(H,16,17,20). The first kappa shape index (κ1) is 15.1. The monoisotopic (exact) mass is 289 g/mol. The van der Waals surface area contributed by atoms with E-state index in [0.717, 1.165) is 26.0 Å². The number of nitrogens with one attached hydrogen (secondary N) is 1. The van der Waals surface area contributed by atoms with Gasteiger partial charge in [0, 0.05) is 27.2 Å². The van der Waals surface area contributed by atoms with Crippen molar-refractivity contribution in [1.82, 2.24) is 19.7 Å². The molecule has 0 radical (unpaired) electrons. The molecular weight excluding hydrogens is 270 g/mol. The van der Waals surface area contributed by atoms with E-state index in [4.69, 9.17) is 4.74 Å². The third kappa shape index (κ3) is 4.35. The molecule has 2 heterocycles. The van der Waals surface area contributed by atoms with Crippen molar-refractivity contribution in [2.24, 2.45) is 0 Å². The lowest BCUT2D eigenvalue weighted by Gasteiger charge is -2.07. The molecule has 2 aromatic heterocycles. The van der Waals surface area contributed by atoms with Crippen LogP contribution in [0.1, 0.15) is 19.8 Å². The number of rotatable bonds is 7. The van der Waals surface area contributed by atoms with Crippen LogP contribution in [0.5, 0.6) is 0 Å². The summed E-state index contributed by atoms with van der Waals surface area (Å²) in [6.07, 6.45) is 3.65. The Morgan fingerprint density at radius 2 is 2.24 bits per heavy atom. The molecule has 1 amide bonds. The van der Waals surface area contributed by atoms with Crippen molar-refractivity contribution in [3.05, 3.63) is 24.5 Å². The zero-order valence-corrected chi connectivity index (χ0v) is 12.2. The van der Waals surface area contributed by atoms with Crippen molar-refractivity contribution < 1.29 is 9.53 Å². The van der Waals surface area contributed by atoms with Crippen LogP contribution in [-0.2, 0) is 16.1 Å². The number of unbranched alkanes of at least 4 members (excludes halogenated alkanes) is 1. The fourth-order valence-electron chi connectivity index (χ4n) is 1.95. The second-order valence-electron chi connectivity index (χ2n) is 4.64. The van der Waals surface area contributed by atoms with Crippen molar-refractivity contribution in [3.8, 4) is 11.5 Å². The van der Waals surface area contributed by atoms with Crippen LogP contribution in [0.3, 0.4) is 0 Å². The first-order valence-electron chi connectivity index (χ1n) is 6.82. The van der Waals surface area contributed by atoms with Gasteiger partial charge in [-0.1, -0.05) is 6.07 Å². The summed E-state index contributed by atoms with van der Waals surface area (Å²) < 4.78 is 6.99. The van der Waals surface area contributed by atoms with Crippen LogP contribution in [0.15, 0.2) is 24.5 Å². The SMILES string of the molecule is COCCCCn1cnnc1-c1cccc(NC(C)=O)n1. The van der Waals surface area contributed by atoms with Gasteiger partial charge in [0.2, 0.25) is 5.91 Å². The minimum atomic E-state index is -0.152. The van der Waals surface area contributed by atoms with Crippen molar-refractivity contribution in [2.75, 3.05) is 19.0 Å². The molecule has 2 rings (SSSR count). The summed E-state index contributed by atoms with van der Waals surface area (Å²) in [5.41, 5.74) is 0.686. The Kier molecular flexibility index (Phi) is 5.39. The van der Waals surface area contributed by atoms with E-state index in [-0.39, 0.29) is 5.91 Å². The summed E-state index contributed by atoms with van der Waals surface area (Å²) >= 11 is 0. The highest BCUT2D eigenvalue weighted by molar-refractivity contribution is 5.87. The van der Waals surface area contributed by atoms with Crippen LogP contribution in [0.4, 0.5) is 5.82 Å². The molecule has 112 valence electrons. The highest BCUT2D eigenvalue weighted by Crippen LogP contribution is 2.17. The Labute approximate surface area is 123 Å². The Morgan fingerprint density at radius 1 is 1.38 bits per heavy atom. The fraction of sp³-hybridized carbons (Fsp3) is 0.429. The van der Waals surface area contributed by atoms with Gasteiger partial charge in [-0.05, 0) is 25.0 Å². The van der Waals surface area contributed by atoms with Crippen LogP contribution < -0.4 is 5.32 Å². The normalized spacial score (nSPS) is 10.6. The first-order chi connectivity index (χ1) is 10.2. The number of amides is 1. The van der Waals surface area contributed by atoms with E-state index in [2.05, 4.69) is 20.5 Å². The number of aromatic nitrogens is 4.